The van der Waals surface area contributed by atoms with Crippen molar-refractivity contribution in [1.82, 2.24) is 9.97 Å². The van der Waals surface area contributed by atoms with Gasteiger partial charge in [0.05, 0.1) is 12.0 Å². The number of nitrogens with zero attached hydrogens (tertiary/aromatic N) is 3. The number of nitro groups is 1. The summed E-state index contributed by atoms with van der Waals surface area (Å²) < 4.78 is 10.9. The van der Waals surface area contributed by atoms with Gasteiger partial charge in [-0.3, -0.25) is 10.1 Å². The molecule has 0 bridgehead atoms. The number of hydrogen-bond acceptors (Lipinski definition) is 7. The Bertz CT molecular complexity index is 730. The summed E-state index contributed by atoms with van der Waals surface area (Å²) in [5, 5.41) is 14.5. The molecule has 3 rings (SSSR count). The van der Waals surface area contributed by atoms with Gasteiger partial charge in [-0.2, -0.15) is 4.98 Å². The van der Waals surface area contributed by atoms with Crippen molar-refractivity contribution in [2.45, 2.75) is 38.2 Å². The molecule has 2 aromatic rings. The number of anilines is 2. The molecule has 132 valence electrons. The first-order valence-corrected chi connectivity index (χ1v) is 8.24. The SMILES string of the molecule is COc1ccc(Nc2ncnc(OC3CCCCC3)c2[N+](=O)[O-])cc1. The first kappa shape index (κ1) is 16.9. The van der Waals surface area contributed by atoms with Gasteiger partial charge in [-0.05, 0) is 49.9 Å². The van der Waals surface area contributed by atoms with E-state index in [-0.39, 0.29) is 23.5 Å². The summed E-state index contributed by atoms with van der Waals surface area (Å²) in [6.07, 6.45) is 6.34. The Morgan fingerprint density at radius 2 is 1.88 bits per heavy atom. The van der Waals surface area contributed by atoms with Gasteiger partial charge in [-0.1, -0.05) is 6.42 Å². The summed E-state index contributed by atoms with van der Waals surface area (Å²) in [6.45, 7) is 0. The van der Waals surface area contributed by atoms with E-state index in [0.29, 0.717) is 11.4 Å². The van der Waals surface area contributed by atoms with Gasteiger partial charge in [0.15, 0.2) is 0 Å². The van der Waals surface area contributed by atoms with Crippen LogP contribution in [0.15, 0.2) is 30.6 Å². The number of methoxy groups -OCH3 is 1. The molecule has 1 heterocycles. The van der Waals surface area contributed by atoms with E-state index in [4.69, 9.17) is 9.47 Å². The van der Waals surface area contributed by atoms with Crippen molar-refractivity contribution in [2.24, 2.45) is 0 Å². The molecule has 0 radical (unpaired) electrons. The van der Waals surface area contributed by atoms with E-state index in [9.17, 15) is 10.1 Å². The zero-order valence-electron chi connectivity index (χ0n) is 14.0. The summed E-state index contributed by atoms with van der Waals surface area (Å²) in [5.74, 6) is 0.822. The highest BCUT2D eigenvalue weighted by molar-refractivity contribution is 5.68. The lowest BCUT2D eigenvalue weighted by molar-refractivity contribution is -0.385. The molecule has 1 aliphatic rings. The minimum absolute atomic E-state index is 0.0166. The quantitative estimate of drug-likeness (QED) is 0.627. The number of hydrogen-bond donors (Lipinski definition) is 1. The molecule has 1 saturated carbocycles. The van der Waals surface area contributed by atoms with Crippen LogP contribution >= 0.6 is 0 Å². The van der Waals surface area contributed by atoms with Crippen LogP contribution in [0, 0.1) is 10.1 Å². The number of nitrogens with one attached hydrogen (secondary N) is 1. The monoisotopic (exact) mass is 344 g/mol. The van der Waals surface area contributed by atoms with E-state index < -0.39 is 4.92 Å². The maximum Gasteiger partial charge on any atom is 0.373 e. The van der Waals surface area contributed by atoms with Gasteiger partial charge in [0.25, 0.3) is 5.88 Å². The summed E-state index contributed by atoms with van der Waals surface area (Å²) in [6, 6.07) is 7.03. The van der Waals surface area contributed by atoms with Crippen molar-refractivity contribution in [3.8, 4) is 11.6 Å². The van der Waals surface area contributed by atoms with E-state index in [1.54, 1.807) is 31.4 Å². The van der Waals surface area contributed by atoms with E-state index in [1.165, 1.54) is 12.7 Å². The number of benzene rings is 1. The van der Waals surface area contributed by atoms with Crippen molar-refractivity contribution in [3.05, 3.63) is 40.7 Å². The van der Waals surface area contributed by atoms with E-state index in [0.717, 1.165) is 25.7 Å². The first-order chi connectivity index (χ1) is 12.2. The Kier molecular flexibility index (Phi) is 5.27. The zero-order valence-corrected chi connectivity index (χ0v) is 14.0. The van der Waals surface area contributed by atoms with Gasteiger partial charge in [0.1, 0.15) is 18.2 Å². The van der Waals surface area contributed by atoms with Gasteiger partial charge in [-0.25, -0.2) is 4.98 Å². The lowest BCUT2D eigenvalue weighted by Gasteiger charge is -2.22. The van der Waals surface area contributed by atoms with E-state index in [1.807, 2.05) is 0 Å². The fraction of sp³-hybridized carbons (Fsp3) is 0.412. The number of rotatable bonds is 6. The second-order valence-electron chi connectivity index (χ2n) is 5.86. The summed E-state index contributed by atoms with van der Waals surface area (Å²) in [4.78, 5) is 19.1. The van der Waals surface area contributed by atoms with Gasteiger partial charge >= 0.3 is 5.69 Å². The maximum atomic E-state index is 11.6. The van der Waals surface area contributed by atoms with Crippen LogP contribution < -0.4 is 14.8 Å². The predicted molar refractivity (Wildman–Crippen MR) is 92.5 cm³/mol. The van der Waals surface area contributed by atoms with Gasteiger partial charge in [0.2, 0.25) is 5.82 Å². The summed E-state index contributed by atoms with van der Waals surface area (Å²) >= 11 is 0. The topological polar surface area (TPSA) is 99.4 Å². The predicted octanol–water partition coefficient (Wildman–Crippen LogP) is 3.85. The molecule has 0 saturated heterocycles. The fourth-order valence-electron chi connectivity index (χ4n) is 2.86. The van der Waals surface area contributed by atoms with Crippen molar-refractivity contribution in [1.29, 1.82) is 0 Å². The lowest BCUT2D eigenvalue weighted by atomic mass is 9.98. The standard InChI is InChI=1S/C17H20N4O4/c1-24-13-9-7-12(8-10-13)20-16-15(21(22)23)17(19-11-18-16)25-14-5-3-2-4-6-14/h7-11,14H,2-6H2,1H3,(H,18,19,20). The van der Waals surface area contributed by atoms with Crippen LogP contribution in [0.1, 0.15) is 32.1 Å². The highest BCUT2D eigenvalue weighted by atomic mass is 16.6. The van der Waals surface area contributed by atoms with Gasteiger partial charge in [0, 0.05) is 5.69 Å². The molecule has 1 fully saturated rings. The highest BCUT2D eigenvalue weighted by Crippen LogP contribution is 2.35. The van der Waals surface area contributed by atoms with E-state index in [2.05, 4.69) is 15.3 Å². The second-order valence-corrected chi connectivity index (χ2v) is 5.86. The minimum atomic E-state index is -0.510. The largest absolute Gasteiger partial charge is 0.497 e. The lowest BCUT2D eigenvalue weighted by Crippen LogP contribution is -2.21. The second kappa shape index (κ2) is 7.78. The van der Waals surface area contributed by atoms with E-state index >= 15 is 0 Å². The van der Waals surface area contributed by atoms with Crippen LogP contribution in [-0.4, -0.2) is 28.1 Å². The van der Waals surface area contributed by atoms with Crippen molar-refractivity contribution in [2.75, 3.05) is 12.4 Å². The zero-order chi connectivity index (χ0) is 17.6. The normalized spacial score (nSPS) is 14.8. The third kappa shape index (κ3) is 4.14. The molecule has 0 aliphatic heterocycles. The molecule has 8 nitrogen and oxygen atoms in total. The van der Waals surface area contributed by atoms with Gasteiger partial charge < -0.3 is 14.8 Å². The third-order valence-corrected chi connectivity index (χ3v) is 4.15. The van der Waals surface area contributed by atoms with Crippen molar-refractivity contribution >= 4 is 17.2 Å². The molecular weight excluding hydrogens is 324 g/mol. The molecule has 0 unspecified atom stereocenters. The van der Waals surface area contributed by atoms with Gasteiger partial charge in [-0.15, -0.1) is 0 Å². The smallest absolute Gasteiger partial charge is 0.373 e. The molecule has 1 aromatic heterocycles. The molecule has 0 atom stereocenters. The fourth-order valence-corrected chi connectivity index (χ4v) is 2.86. The molecular formula is C17H20N4O4. The molecule has 1 aromatic carbocycles. The molecule has 0 amide bonds. The Hall–Kier alpha value is -2.90. The number of aromatic nitrogens is 2. The Morgan fingerprint density at radius 3 is 2.52 bits per heavy atom. The Morgan fingerprint density at radius 1 is 1.16 bits per heavy atom. The summed E-state index contributed by atoms with van der Waals surface area (Å²) in [5.41, 5.74) is 0.412. The van der Waals surface area contributed by atoms with Crippen molar-refractivity contribution < 1.29 is 14.4 Å². The van der Waals surface area contributed by atoms with Crippen LogP contribution in [0.4, 0.5) is 17.2 Å². The molecule has 1 aliphatic carbocycles. The average Bonchev–Trinajstić information content (AvgIpc) is 2.63. The summed E-state index contributed by atoms with van der Waals surface area (Å²) in [7, 11) is 1.58. The minimum Gasteiger partial charge on any atom is -0.497 e. The Labute approximate surface area is 145 Å². The number of ether oxygens (including phenoxy) is 2. The first-order valence-electron chi connectivity index (χ1n) is 8.24. The van der Waals surface area contributed by atoms with Crippen LogP contribution in [-0.2, 0) is 0 Å². The molecule has 0 spiro atoms. The van der Waals surface area contributed by atoms with Crippen LogP contribution in [0.3, 0.4) is 0 Å². The third-order valence-electron chi connectivity index (χ3n) is 4.15. The van der Waals surface area contributed by atoms with Crippen LogP contribution in [0.25, 0.3) is 0 Å². The maximum absolute atomic E-state index is 11.6. The van der Waals surface area contributed by atoms with Crippen molar-refractivity contribution in [3.63, 3.8) is 0 Å². The highest BCUT2D eigenvalue weighted by Gasteiger charge is 2.27. The van der Waals surface area contributed by atoms with Crippen LogP contribution in [0.5, 0.6) is 11.6 Å². The Balaban J connectivity index is 1.84. The molecule has 25 heavy (non-hydrogen) atoms. The molecule has 1 N–H and O–H groups in total. The average molecular weight is 344 g/mol. The molecule has 8 heteroatoms. The van der Waals surface area contributed by atoms with Crippen LogP contribution in [0.2, 0.25) is 0 Å².